The van der Waals surface area contributed by atoms with Crippen LogP contribution in [0.4, 0.5) is 13.2 Å². The summed E-state index contributed by atoms with van der Waals surface area (Å²) in [5, 5.41) is 18.4. The molecule has 1 aromatic carbocycles. The molecule has 0 bridgehead atoms. The number of alkyl halides is 3. The summed E-state index contributed by atoms with van der Waals surface area (Å²) in [5.74, 6) is -1.42. The van der Waals surface area contributed by atoms with E-state index in [4.69, 9.17) is 10.8 Å². The Balaban J connectivity index is 3.14. The molecule has 8 heteroatoms. The highest BCUT2D eigenvalue weighted by atomic mass is 79.9. The van der Waals surface area contributed by atoms with Gasteiger partial charge in [0.1, 0.15) is 0 Å². The van der Waals surface area contributed by atoms with Crippen molar-refractivity contribution in [2.24, 2.45) is 5.73 Å². The van der Waals surface area contributed by atoms with Gasteiger partial charge in [-0.2, -0.15) is 0 Å². The van der Waals surface area contributed by atoms with Crippen molar-refractivity contribution < 1.29 is 28.1 Å². The van der Waals surface area contributed by atoms with Crippen molar-refractivity contribution in [2.75, 3.05) is 6.61 Å². The molecule has 0 aromatic heterocycles. The SMILES string of the molecule is NC(CCO)c1cc(Br)cc(OC(F)(F)F)c1O. The molecule has 0 spiro atoms. The van der Waals surface area contributed by atoms with Crippen molar-refractivity contribution in [3.05, 3.63) is 22.2 Å². The number of hydrogen-bond donors (Lipinski definition) is 3. The Kier molecular flexibility index (Phi) is 4.83. The molecule has 0 aliphatic rings. The van der Waals surface area contributed by atoms with E-state index in [0.717, 1.165) is 6.07 Å². The van der Waals surface area contributed by atoms with Gasteiger partial charge in [0.15, 0.2) is 11.5 Å². The number of aliphatic hydroxyl groups is 1. The zero-order chi connectivity index (χ0) is 13.9. The van der Waals surface area contributed by atoms with Gasteiger partial charge in [-0.1, -0.05) is 15.9 Å². The topological polar surface area (TPSA) is 75.7 Å². The maximum atomic E-state index is 12.1. The van der Waals surface area contributed by atoms with Crippen molar-refractivity contribution >= 4 is 15.9 Å². The third-order valence-electron chi connectivity index (χ3n) is 2.13. The van der Waals surface area contributed by atoms with Crippen molar-refractivity contribution in [2.45, 2.75) is 18.8 Å². The van der Waals surface area contributed by atoms with E-state index in [2.05, 4.69) is 20.7 Å². The molecule has 0 fully saturated rings. The Bertz CT molecular complexity index is 426. The van der Waals surface area contributed by atoms with E-state index < -0.39 is 23.9 Å². The molecular formula is C10H11BrF3NO3. The first-order valence-electron chi connectivity index (χ1n) is 4.89. The first kappa shape index (κ1) is 15.1. The maximum absolute atomic E-state index is 12.1. The first-order chi connectivity index (χ1) is 8.24. The highest BCUT2D eigenvalue weighted by Gasteiger charge is 2.33. The molecule has 0 aliphatic heterocycles. The van der Waals surface area contributed by atoms with E-state index in [0.29, 0.717) is 0 Å². The molecule has 0 heterocycles. The Morgan fingerprint density at radius 1 is 1.39 bits per heavy atom. The van der Waals surface area contributed by atoms with Crippen LogP contribution in [-0.4, -0.2) is 23.2 Å². The van der Waals surface area contributed by atoms with Crippen molar-refractivity contribution in [3.63, 3.8) is 0 Å². The Hall–Kier alpha value is -0.990. The van der Waals surface area contributed by atoms with Crippen LogP contribution in [0, 0.1) is 0 Å². The number of rotatable bonds is 4. The Labute approximate surface area is 109 Å². The molecule has 0 saturated carbocycles. The van der Waals surface area contributed by atoms with E-state index in [1.807, 2.05) is 0 Å². The van der Waals surface area contributed by atoms with Gasteiger partial charge < -0.3 is 20.7 Å². The number of benzene rings is 1. The van der Waals surface area contributed by atoms with Crippen molar-refractivity contribution in [3.8, 4) is 11.5 Å². The number of hydrogen-bond acceptors (Lipinski definition) is 4. The third kappa shape index (κ3) is 4.04. The van der Waals surface area contributed by atoms with Gasteiger partial charge in [-0.3, -0.25) is 0 Å². The highest BCUT2D eigenvalue weighted by Crippen LogP contribution is 2.39. The van der Waals surface area contributed by atoms with Gasteiger partial charge in [-0.25, -0.2) is 0 Å². The van der Waals surface area contributed by atoms with Gasteiger partial charge in [0.2, 0.25) is 0 Å². The fourth-order valence-electron chi connectivity index (χ4n) is 1.37. The summed E-state index contributed by atoms with van der Waals surface area (Å²) in [7, 11) is 0. The number of ether oxygens (including phenoxy) is 1. The molecule has 1 unspecified atom stereocenters. The average molecular weight is 330 g/mol. The lowest BCUT2D eigenvalue weighted by molar-refractivity contribution is -0.275. The summed E-state index contributed by atoms with van der Waals surface area (Å²) in [6.45, 7) is -0.247. The van der Waals surface area contributed by atoms with Gasteiger partial charge in [-0.15, -0.1) is 13.2 Å². The van der Waals surface area contributed by atoms with Crippen molar-refractivity contribution in [1.82, 2.24) is 0 Å². The quantitative estimate of drug-likeness (QED) is 0.793. The summed E-state index contributed by atoms with van der Waals surface area (Å²) in [6, 6.07) is 1.57. The molecule has 4 nitrogen and oxygen atoms in total. The van der Waals surface area contributed by atoms with Crippen LogP contribution in [-0.2, 0) is 0 Å². The van der Waals surface area contributed by atoms with E-state index in [1.54, 1.807) is 0 Å². The Morgan fingerprint density at radius 3 is 2.50 bits per heavy atom. The van der Waals surface area contributed by atoms with Crippen molar-refractivity contribution in [1.29, 1.82) is 0 Å². The van der Waals surface area contributed by atoms with Crippen LogP contribution in [0.1, 0.15) is 18.0 Å². The van der Waals surface area contributed by atoms with E-state index in [1.165, 1.54) is 6.07 Å². The van der Waals surface area contributed by atoms with Crippen LogP contribution >= 0.6 is 15.9 Å². The predicted octanol–water partition coefficient (Wildman–Crippen LogP) is 2.44. The van der Waals surface area contributed by atoms with Gasteiger partial charge in [0.05, 0.1) is 0 Å². The number of aromatic hydroxyl groups is 1. The van der Waals surface area contributed by atoms with Gasteiger partial charge in [0.25, 0.3) is 0 Å². The minimum atomic E-state index is -4.91. The second-order valence-corrected chi connectivity index (χ2v) is 4.42. The highest BCUT2D eigenvalue weighted by molar-refractivity contribution is 9.10. The average Bonchev–Trinajstić information content (AvgIpc) is 2.21. The second-order valence-electron chi connectivity index (χ2n) is 3.51. The van der Waals surface area contributed by atoms with Gasteiger partial charge in [-0.05, 0) is 18.6 Å². The van der Waals surface area contributed by atoms with Gasteiger partial charge in [0, 0.05) is 22.7 Å². The number of phenols is 1. The van der Waals surface area contributed by atoms with Crippen LogP contribution < -0.4 is 10.5 Å². The summed E-state index contributed by atoms with van der Waals surface area (Å²) >= 11 is 3.00. The van der Waals surface area contributed by atoms with Crippen LogP contribution in [0.2, 0.25) is 0 Å². The smallest absolute Gasteiger partial charge is 0.504 e. The first-order valence-corrected chi connectivity index (χ1v) is 5.68. The summed E-state index contributed by atoms with van der Waals surface area (Å²) in [4.78, 5) is 0. The molecule has 102 valence electrons. The molecular weight excluding hydrogens is 319 g/mol. The third-order valence-corrected chi connectivity index (χ3v) is 2.59. The molecule has 0 saturated heterocycles. The predicted molar refractivity (Wildman–Crippen MR) is 61.1 cm³/mol. The number of phenolic OH excluding ortho intramolecular Hbond substituents is 1. The van der Waals surface area contributed by atoms with Crippen LogP contribution in [0.15, 0.2) is 16.6 Å². The molecule has 0 amide bonds. The summed E-state index contributed by atoms with van der Waals surface area (Å²) in [5.41, 5.74) is 5.70. The van der Waals surface area contributed by atoms with Crippen LogP contribution in [0.5, 0.6) is 11.5 Å². The summed E-state index contributed by atoms with van der Waals surface area (Å²) in [6.07, 6.45) is -4.80. The monoisotopic (exact) mass is 329 g/mol. The van der Waals surface area contributed by atoms with E-state index >= 15 is 0 Å². The fourth-order valence-corrected chi connectivity index (χ4v) is 1.83. The van der Waals surface area contributed by atoms with Crippen LogP contribution in [0.25, 0.3) is 0 Å². The van der Waals surface area contributed by atoms with E-state index in [-0.39, 0.29) is 23.1 Å². The minimum Gasteiger partial charge on any atom is -0.504 e. The zero-order valence-electron chi connectivity index (χ0n) is 9.04. The lowest BCUT2D eigenvalue weighted by atomic mass is 10.0. The number of nitrogens with two attached hydrogens (primary N) is 1. The number of aliphatic hydroxyl groups excluding tert-OH is 1. The lowest BCUT2D eigenvalue weighted by Crippen LogP contribution is -2.18. The maximum Gasteiger partial charge on any atom is 0.573 e. The molecule has 4 N–H and O–H groups in total. The molecule has 0 radical (unpaired) electrons. The molecule has 1 atom stereocenters. The number of halogens is 4. The zero-order valence-corrected chi connectivity index (χ0v) is 10.6. The Morgan fingerprint density at radius 2 is 2.00 bits per heavy atom. The normalized spacial score (nSPS) is 13.4. The largest absolute Gasteiger partial charge is 0.573 e. The lowest BCUT2D eigenvalue weighted by Gasteiger charge is -2.17. The standard InChI is InChI=1S/C10H11BrF3NO3/c11-5-3-6(7(15)1-2-16)9(17)8(4-5)18-10(12,13)14/h3-4,7,16-17H,1-2,15H2. The summed E-state index contributed by atoms with van der Waals surface area (Å²) < 4.78 is 40.3. The molecule has 1 aromatic rings. The second kappa shape index (κ2) is 5.77. The molecule has 1 rings (SSSR count). The minimum absolute atomic E-state index is 0.0673. The fraction of sp³-hybridized carbons (Fsp3) is 0.400. The molecule has 0 aliphatic carbocycles. The van der Waals surface area contributed by atoms with Crippen LogP contribution in [0.3, 0.4) is 0 Å². The van der Waals surface area contributed by atoms with Gasteiger partial charge >= 0.3 is 6.36 Å². The molecule has 18 heavy (non-hydrogen) atoms. The van der Waals surface area contributed by atoms with E-state index in [9.17, 15) is 18.3 Å².